The number of hydrogen-bond donors (Lipinski definition) is 2. The first-order valence-corrected chi connectivity index (χ1v) is 8.42. The predicted molar refractivity (Wildman–Crippen MR) is 93.5 cm³/mol. The fourth-order valence-corrected chi connectivity index (χ4v) is 3.56. The zero-order valence-electron chi connectivity index (χ0n) is 13.5. The fraction of sp³-hybridized carbons (Fsp3) is 0.294. The van der Waals surface area contributed by atoms with Gasteiger partial charge in [-0.25, -0.2) is 19.3 Å². The summed E-state index contributed by atoms with van der Waals surface area (Å²) < 4.78 is 3.58. The minimum absolute atomic E-state index is 0.117. The van der Waals surface area contributed by atoms with Crippen LogP contribution < -0.4 is 11.0 Å². The summed E-state index contributed by atoms with van der Waals surface area (Å²) in [6, 6.07) is 6.02. The van der Waals surface area contributed by atoms with Gasteiger partial charge < -0.3 is 10.3 Å². The van der Waals surface area contributed by atoms with Crippen LogP contribution in [0.3, 0.4) is 0 Å². The normalized spacial score (nSPS) is 16.0. The minimum atomic E-state index is -0.117. The van der Waals surface area contributed by atoms with Gasteiger partial charge in [0.25, 0.3) is 0 Å². The van der Waals surface area contributed by atoms with Gasteiger partial charge in [-0.05, 0) is 38.1 Å². The smallest absolute Gasteiger partial charge is 0.317 e. The third-order valence-corrected chi connectivity index (χ3v) is 4.80. The molecular formula is C17H17N7O. The van der Waals surface area contributed by atoms with Crippen molar-refractivity contribution in [1.29, 1.82) is 0 Å². The number of piperidine rings is 1. The lowest BCUT2D eigenvalue weighted by Gasteiger charge is -2.23. The van der Waals surface area contributed by atoms with Crippen molar-refractivity contribution < 1.29 is 0 Å². The van der Waals surface area contributed by atoms with Crippen LogP contribution in [0.15, 0.2) is 41.6 Å². The van der Waals surface area contributed by atoms with Gasteiger partial charge >= 0.3 is 5.69 Å². The quantitative estimate of drug-likeness (QED) is 0.577. The van der Waals surface area contributed by atoms with Gasteiger partial charge in [-0.2, -0.15) is 5.10 Å². The summed E-state index contributed by atoms with van der Waals surface area (Å²) in [4.78, 5) is 24.5. The summed E-state index contributed by atoms with van der Waals surface area (Å²) in [7, 11) is 0. The van der Waals surface area contributed by atoms with Crippen molar-refractivity contribution in [3.8, 4) is 11.4 Å². The van der Waals surface area contributed by atoms with Crippen molar-refractivity contribution in [2.45, 2.75) is 18.9 Å². The molecule has 0 amide bonds. The molecule has 0 radical (unpaired) electrons. The van der Waals surface area contributed by atoms with E-state index in [2.05, 4.69) is 20.4 Å². The standard InChI is InChI=1S/C17H17N7O/c25-17-21-13-10-19-15(12-9-20-23-8-2-1-3-14(12)23)22-16(13)24(17)11-4-6-18-7-5-11/h1-3,8-11,18H,4-7H2,(H,21,25). The van der Waals surface area contributed by atoms with E-state index in [4.69, 9.17) is 4.98 Å². The molecule has 0 saturated carbocycles. The summed E-state index contributed by atoms with van der Waals surface area (Å²) in [6.07, 6.45) is 7.17. The Morgan fingerprint density at radius 2 is 2.04 bits per heavy atom. The van der Waals surface area contributed by atoms with Crippen molar-refractivity contribution in [1.82, 2.24) is 34.4 Å². The number of imidazole rings is 1. The molecule has 1 aliphatic rings. The molecule has 4 aromatic heterocycles. The Morgan fingerprint density at radius 1 is 1.16 bits per heavy atom. The van der Waals surface area contributed by atoms with Gasteiger partial charge in [-0.1, -0.05) is 6.07 Å². The number of aromatic nitrogens is 6. The lowest BCUT2D eigenvalue weighted by Crippen LogP contribution is -2.33. The fourth-order valence-electron chi connectivity index (χ4n) is 3.56. The summed E-state index contributed by atoms with van der Waals surface area (Å²) >= 11 is 0. The maximum atomic E-state index is 12.5. The highest BCUT2D eigenvalue weighted by Gasteiger charge is 2.21. The molecule has 0 aliphatic carbocycles. The second-order valence-corrected chi connectivity index (χ2v) is 6.30. The lowest BCUT2D eigenvalue weighted by molar-refractivity contribution is 0.367. The number of aromatic amines is 1. The molecule has 4 aromatic rings. The SMILES string of the molecule is O=c1[nH]c2cnc(-c3cnn4ccccc34)nc2n1C1CCNCC1. The van der Waals surface area contributed by atoms with E-state index >= 15 is 0 Å². The molecule has 0 aromatic carbocycles. The number of pyridine rings is 1. The average Bonchev–Trinajstić information content (AvgIpc) is 3.22. The highest BCUT2D eigenvalue weighted by atomic mass is 16.1. The van der Waals surface area contributed by atoms with Gasteiger partial charge in [-0.15, -0.1) is 0 Å². The zero-order valence-corrected chi connectivity index (χ0v) is 13.5. The molecule has 0 atom stereocenters. The van der Waals surface area contributed by atoms with Crippen molar-refractivity contribution in [2.24, 2.45) is 0 Å². The van der Waals surface area contributed by atoms with Crippen molar-refractivity contribution in [3.63, 3.8) is 0 Å². The summed E-state index contributed by atoms with van der Waals surface area (Å²) in [5, 5.41) is 7.67. The second-order valence-electron chi connectivity index (χ2n) is 6.30. The second kappa shape index (κ2) is 5.52. The van der Waals surface area contributed by atoms with E-state index in [1.165, 1.54) is 0 Å². The molecule has 126 valence electrons. The molecule has 1 aliphatic heterocycles. The number of rotatable bonds is 2. The van der Waals surface area contributed by atoms with Gasteiger partial charge in [0.15, 0.2) is 11.5 Å². The Hall–Kier alpha value is -3.00. The number of nitrogens with one attached hydrogen (secondary N) is 2. The van der Waals surface area contributed by atoms with E-state index in [1.807, 2.05) is 24.4 Å². The molecule has 1 fully saturated rings. The van der Waals surface area contributed by atoms with Crippen LogP contribution in [-0.2, 0) is 0 Å². The molecule has 2 N–H and O–H groups in total. The van der Waals surface area contributed by atoms with Gasteiger partial charge in [0.05, 0.1) is 23.5 Å². The molecule has 1 saturated heterocycles. The van der Waals surface area contributed by atoms with Crippen LogP contribution in [0.2, 0.25) is 0 Å². The highest BCUT2D eigenvalue weighted by Crippen LogP contribution is 2.24. The largest absolute Gasteiger partial charge is 0.327 e. The molecule has 25 heavy (non-hydrogen) atoms. The number of nitrogens with zero attached hydrogens (tertiary/aromatic N) is 5. The third kappa shape index (κ3) is 2.25. The summed E-state index contributed by atoms with van der Waals surface area (Å²) in [6.45, 7) is 1.82. The molecular weight excluding hydrogens is 318 g/mol. The Morgan fingerprint density at radius 3 is 2.92 bits per heavy atom. The first kappa shape index (κ1) is 14.4. The van der Waals surface area contributed by atoms with Crippen LogP contribution in [-0.4, -0.2) is 42.2 Å². The molecule has 8 heteroatoms. The molecule has 0 bridgehead atoms. The van der Waals surface area contributed by atoms with Crippen LogP contribution in [0.25, 0.3) is 28.1 Å². The van der Waals surface area contributed by atoms with Gasteiger partial charge in [0, 0.05) is 12.2 Å². The van der Waals surface area contributed by atoms with Gasteiger partial charge in [0.2, 0.25) is 0 Å². The molecule has 5 rings (SSSR count). The Bertz CT molecular complexity index is 1120. The zero-order chi connectivity index (χ0) is 16.8. The van der Waals surface area contributed by atoms with Crippen molar-refractivity contribution in [2.75, 3.05) is 13.1 Å². The molecule has 5 heterocycles. The number of fused-ring (bicyclic) bond motifs is 2. The van der Waals surface area contributed by atoms with Crippen LogP contribution in [0, 0.1) is 0 Å². The average molecular weight is 335 g/mol. The number of hydrogen-bond acceptors (Lipinski definition) is 5. The van der Waals surface area contributed by atoms with Crippen molar-refractivity contribution >= 4 is 16.7 Å². The first-order chi connectivity index (χ1) is 12.3. The van der Waals surface area contributed by atoms with Gasteiger partial charge in [-0.3, -0.25) is 4.57 Å². The molecule has 0 unspecified atom stereocenters. The van der Waals surface area contributed by atoms with E-state index in [9.17, 15) is 4.79 Å². The minimum Gasteiger partial charge on any atom is -0.317 e. The van der Waals surface area contributed by atoms with Crippen LogP contribution >= 0.6 is 0 Å². The highest BCUT2D eigenvalue weighted by molar-refractivity contribution is 5.79. The summed E-state index contributed by atoms with van der Waals surface area (Å²) in [5.74, 6) is 0.579. The van der Waals surface area contributed by atoms with E-state index in [-0.39, 0.29) is 11.7 Å². The first-order valence-electron chi connectivity index (χ1n) is 8.42. The number of H-pyrrole nitrogens is 1. The molecule has 0 spiro atoms. The van der Waals surface area contributed by atoms with Crippen LogP contribution in [0.1, 0.15) is 18.9 Å². The Balaban J connectivity index is 1.69. The Labute approximate surface area is 142 Å². The summed E-state index contributed by atoms with van der Waals surface area (Å²) in [5.41, 5.74) is 3.01. The third-order valence-electron chi connectivity index (χ3n) is 4.80. The monoisotopic (exact) mass is 335 g/mol. The van der Waals surface area contributed by atoms with Crippen molar-refractivity contribution in [3.05, 3.63) is 47.3 Å². The maximum absolute atomic E-state index is 12.5. The van der Waals surface area contributed by atoms with E-state index < -0.39 is 0 Å². The van der Waals surface area contributed by atoms with Gasteiger partial charge in [0.1, 0.15) is 5.52 Å². The van der Waals surface area contributed by atoms with Crippen LogP contribution in [0.5, 0.6) is 0 Å². The van der Waals surface area contributed by atoms with Crippen LogP contribution in [0.4, 0.5) is 0 Å². The van der Waals surface area contributed by atoms with E-state index in [1.54, 1.807) is 21.5 Å². The maximum Gasteiger partial charge on any atom is 0.327 e. The van der Waals surface area contributed by atoms with E-state index in [0.717, 1.165) is 37.0 Å². The predicted octanol–water partition coefficient (Wildman–Crippen LogP) is 1.36. The molecule has 8 nitrogen and oxygen atoms in total. The topological polar surface area (TPSA) is 92.9 Å². The Kier molecular flexibility index (Phi) is 3.17. The lowest BCUT2D eigenvalue weighted by atomic mass is 10.1. The van der Waals surface area contributed by atoms with E-state index in [0.29, 0.717) is 17.0 Å².